The number of sulfone groups is 1. The number of nitrogens with zero attached hydrogens (tertiary/aromatic N) is 3. The molecule has 0 atom stereocenters. The molecule has 0 aliphatic heterocycles. The zero-order chi connectivity index (χ0) is 24.0. The van der Waals surface area contributed by atoms with Crippen molar-refractivity contribution >= 4 is 15.7 Å². The molecule has 2 saturated carbocycles. The first-order valence-corrected chi connectivity index (χ1v) is 12.8. The summed E-state index contributed by atoms with van der Waals surface area (Å²) >= 11 is 0. The van der Waals surface area contributed by atoms with Crippen molar-refractivity contribution in [1.29, 1.82) is 0 Å². The Labute approximate surface area is 191 Å². The van der Waals surface area contributed by atoms with E-state index in [4.69, 9.17) is 0 Å². The number of imidazole rings is 1. The predicted octanol–water partition coefficient (Wildman–Crippen LogP) is 4.61. The van der Waals surface area contributed by atoms with Crippen LogP contribution in [0.15, 0.2) is 35.6 Å². The first-order chi connectivity index (χ1) is 15.5. The van der Waals surface area contributed by atoms with Gasteiger partial charge < -0.3 is 9.47 Å². The van der Waals surface area contributed by atoms with Gasteiger partial charge in [-0.3, -0.25) is 4.79 Å². The Bertz CT molecular complexity index is 1130. The molecule has 0 spiro atoms. The number of amides is 1. The molecule has 2 aliphatic rings. The maximum absolute atomic E-state index is 13.2. The van der Waals surface area contributed by atoms with E-state index in [-0.39, 0.29) is 41.0 Å². The molecule has 180 valence electrons. The van der Waals surface area contributed by atoms with Gasteiger partial charge in [0.2, 0.25) is 20.9 Å². The summed E-state index contributed by atoms with van der Waals surface area (Å²) < 4.78 is 67.2. The van der Waals surface area contributed by atoms with Crippen LogP contribution in [0.25, 0.3) is 0 Å². The van der Waals surface area contributed by atoms with E-state index >= 15 is 0 Å². The maximum atomic E-state index is 13.2. The van der Waals surface area contributed by atoms with Gasteiger partial charge in [-0.1, -0.05) is 32.0 Å². The first kappa shape index (κ1) is 23.8. The second-order valence-corrected chi connectivity index (χ2v) is 11.4. The van der Waals surface area contributed by atoms with Gasteiger partial charge in [0.1, 0.15) is 0 Å². The van der Waals surface area contributed by atoms with Gasteiger partial charge in [-0.15, -0.1) is 0 Å². The van der Waals surface area contributed by atoms with Crippen LogP contribution in [0.3, 0.4) is 0 Å². The minimum Gasteiger partial charge on any atom is -0.336 e. The minimum absolute atomic E-state index is 0.0225. The Hall–Kier alpha value is -2.36. The summed E-state index contributed by atoms with van der Waals surface area (Å²) in [6, 6.07) is 4.34. The van der Waals surface area contributed by atoms with Crippen LogP contribution in [0.2, 0.25) is 0 Å². The number of carbonyl (C=O) groups excluding carboxylic acids is 1. The molecule has 33 heavy (non-hydrogen) atoms. The van der Waals surface area contributed by atoms with E-state index in [0.29, 0.717) is 12.2 Å². The molecule has 1 aromatic carbocycles. The van der Waals surface area contributed by atoms with Crippen LogP contribution in [0, 0.1) is 11.8 Å². The standard InChI is InChI=1S/C23H28F3N3O3S/c1-15(2)12-28(21(30)17-6-7-17)13-20-11-27-22(29(20)19-8-9-19)33(31,32)14-16-4-3-5-18(10-16)23(24,25)26/h3-5,10-11,15,17,19H,6-9,12-14H2,1-2H3. The first-order valence-electron chi connectivity index (χ1n) is 11.2. The molecule has 2 aromatic rings. The van der Waals surface area contributed by atoms with Crippen LogP contribution in [-0.2, 0) is 33.1 Å². The molecule has 6 nitrogen and oxygen atoms in total. The van der Waals surface area contributed by atoms with Gasteiger partial charge in [0.05, 0.1) is 29.8 Å². The fourth-order valence-corrected chi connectivity index (χ4v) is 5.55. The lowest BCUT2D eigenvalue weighted by Gasteiger charge is -2.25. The van der Waals surface area contributed by atoms with Gasteiger partial charge in [-0.25, -0.2) is 13.4 Å². The van der Waals surface area contributed by atoms with Crippen LogP contribution < -0.4 is 0 Å². The highest BCUT2D eigenvalue weighted by Gasteiger charge is 2.37. The Balaban J connectivity index is 1.61. The third-order valence-corrected chi connectivity index (χ3v) is 7.39. The van der Waals surface area contributed by atoms with E-state index in [1.807, 2.05) is 13.8 Å². The van der Waals surface area contributed by atoms with E-state index in [1.54, 1.807) is 9.47 Å². The van der Waals surface area contributed by atoms with Crippen molar-refractivity contribution in [3.63, 3.8) is 0 Å². The molecule has 4 rings (SSSR count). The van der Waals surface area contributed by atoms with Crippen molar-refractivity contribution in [2.24, 2.45) is 11.8 Å². The number of rotatable bonds is 9. The second kappa shape index (κ2) is 8.77. The highest BCUT2D eigenvalue weighted by Crippen LogP contribution is 2.39. The topological polar surface area (TPSA) is 72.3 Å². The summed E-state index contributed by atoms with van der Waals surface area (Å²) in [4.78, 5) is 18.7. The predicted molar refractivity (Wildman–Crippen MR) is 116 cm³/mol. The molecule has 0 saturated heterocycles. The van der Waals surface area contributed by atoms with Gasteiger partial charge >= 0.3 is 6.18 Å². The SMILES string of the molecule is CC(C)CN(Cc1cnc(S(=O)(=O)Cc2cccc(C(F)(F)F)c2)n1C1CC1)C(=O)C1CC1. The highest BCUT2D eigenvalue weighted by molar-refractivity contribution is 7.90. The highest BCUT2D eigenvalue weighted by atomic mass is 32.2. The number of halogens is 3. The van der Waals surface area contributed by atoms with Crippen LogP contribution in [0.5, 0.6) is 0 Å². The fourth-order valence-electron chi connectivity index (χ4n) is 4.03. The van der Waals surface area contributed by atoms with Crippen molar-refractivity contribution in [1.82, 2.24) is 14.5 Å². The lowest BCUT2D eigenvalue weighted by molar-refractivity contribution is -0.137. The van der Waals surface area contributed by atoms with E-state index < -0.39 is 27.3 Å². The third-order valence-electron chi connectivity index (χ3n) is 5.82. The molecular formula is C23H28F3N3O3S. The summed E-state index contributed by atoms with van der Waals surface area (Å²) in [6.07, 6.45) is 0.308. The molecule has 0 bridgehead atoms. The molecule has 0 N–H and O–H groups in total. The zero-order valence-electron chi connectivity index (χ0n) is 18.7. The van der Waals surface area contributed by atoms with Gasteiger partial charge in [-0.05, 0) is 43.2 Å². The number of benzene rings is 1. The van der Waals surface area contributed by atoms with E-state index in [9.17, 15) is 26.4 Å². The van der Waals surface area contributed by atoms with Crippen molar-refractivity contribution in [3.8, 4) is 0 Å². The van der Waals surface area contributed by atoms with Crippen LogP contribution in [0.4, 0.5) is 13.2 Å². The monoisotopic (exact) mass is 483 g/mol. The molecule has 1 aromatic heterocycles. The molecular weight excluding hydrogens is 455 g/mol. The zero-order valence-corrected chi connectivity index (χ0v) is 19.5. The van der Waals surface area contributed by atoms with Gasteiger partial charge in [0.25, 0.3) is 0 Å². The van der Waals surface area contributed by atoms with Gasteiger partial charge in [0.15, 0.2) is 0 Å². The van der Waals surface area contributed by atoms with Crippen molar-refractivity contribution in [2.75, 3.05) is 6.54 Å². The summed E-state index contributed by atoms with van der Waals surface area (Å²) in [5.74, 6) is -0.184. The van der Waals surface area contributed by atoms with E-state index in [0.717, 1.165) is 37.8 Å². The quantitative estimate of drug-likeness (QED) is 0.522. The van der Waals surface area contributed by atoms with Crippen molar-refractivity contribution in [3.05, 3.63) is 47.3 Å². The Kier molecular flexibility index (Phi) is 6.32. The fraction of sp³-hybridized carbons (Fsp3) is 0.565. The lowest BCUT2D eigenvalue weighted by atomic mass is 10.1. The molecule has 1 amide bonds. The minimum atomic E-state index is -4.55. The molecule has 2 fully saturated rings. The number of aromatic nitrogens is 2. The van der Waals surface area contributed by atoms with E-state index in [1.165, 1.54) is 18.3 Å². The summed E-state index contributed by atoms with van der Waals surface area (Å²) in [6.45, 7) is 4.89. The number of carbonyl (C=O) groups is 1. The average Bonchev–Trinajstić information content (AvgIpc) is 3.64. The second-order valence-electron chi connectivity index (χ2n) is 9.48. The molecule has 10 heteroatoms. The summed E-state index contributed by atoms with van der Waals surface area (Å²) in [5, 5.41) is -0.138. The molecule has 0 radical (unpaired) electrons. The van der Waals surface area contributed by atoms with Crippen molar-refractivity contribution in [2.45, 2.75) is 69.2 Å². The van der Waals surface area contributed by atoms with Gasteiger partial charge in [-0.2, -0.15) is 13.2 Å². The molecule has 1 heterocycles. The van der Waals surface area contributed by atoms with Gasteiger partial charge in [0, 0.05) is 18.5 Å². The van der Waals surface area contributed by atoms with Crippen LogP contribution in [-0.4, -0.2) is 35.3 Å². The Morgan fingerprint density at radius 2 is 1.91 bits per heavy atom. The van der Waals surface area contributed by atoms with Crippen molar-refractivity contribution < 1.29 is 26.4 Å². The molecule has 2 aliphatic carbocycles. The lowest BCUT2D eigenvalue weighted by Crippen LogP contribution is -2.35. The largest absolute Gasteiger partial charge is 0.416 e. The molecule has 0 unspecified atom stereocenters. The number of alkyl halides is 3. The number of hydrogen-bond acceptors (Lipinski definition) is 4. The number of hydrogen-bond donors (Lipinski definition) is 0. The van der Waals surface area contributed by atoms with Crippen LogP contribution in [0.1, 0.15) is 62.4 Å². The Morgan fingerprint density at radius 1 is 1.21 bits per heavy atom. The summed E-state index contributed by atoms with van der Waals surface area (Å²) in [5.41, 5.74) is -0.179. The van der Waals surface area contributed by atoms with E-state index in [2.05, 4.69) is 4.98 Å². The third kappa shape index (κ3) is 5.59. The normalized spacial score (nSPS) is 16.9. The maximum Gasteiger partial charge on any atom is 0.416 e. The average molecular weight is 484 g/mol. The smallest absolute Gasteiger partial charge is 0.336 e. The Morgan fingerprint density at radius 3 is 2.48 bits per heavy atom. The summed E-state index contributed by atoms with van der Waals surface area (Å²) in [7, 11) is -3.99. The van der Waals surface area contributed by atoms with Crippen LogP contribution >= 0.6 is 0 Å².